The second-order valence-electron chi connectivity index (χ2n) is 7.65. The van der Waals surface area contributed by atoms with Crippen molar-refractivity contribution in [3.63, 3.8) is 0 Å². The average molecular weight is 403 g/mol. The van der Waals surface area contributed by atoms with E-state index >= 15 is 0 Å². The van der Waals surface area contributed by atoms with E-state index in [1.54, 1.807) is 7.11 Å². The molecule has 1 N–H and O–H groups in total. The van der Waals surface area contributed by atoms with Crippen molar-refractivity contribution >= 4 is 11.6 Å². The highest BCUT2D eigenvalue weighted by Crippen LogP contribution is 2.44. The van der Waals surface area contributed by atoms with Gasteiger partial charge in [-0.25, -0.2) is 0 Å². The van der Waals surface area contributed by atoms with E-state index < -0.39 is 5.60 Å². The van der Waals surface area contributed by atoms with E-state index in [1.165, 1.54) is 0 Å². The molecule has 0 amide bonds. The summed E-state index contributed by atoms with van der Waals surface area (Å²) in [5.74, 6) is 0.221. The van der Waals surface area contributed by atoms with Gasteiger partial charge in [-0.3, -0.25) is 0 Å². The number of halogens is 1. The molecular weight excluding hydrogens is 368 g/mol. The Morgan fingerprint density at radius 3 is 2.29 bits per heavy atom. The maximum Gasteiger partial charge on any atom is 0.0930 e. The third kappa shape index (κ3) is 5.59. The number of ether oxygens (including phenoxy) is 1. The van der Waals surface area contributed by atoms with Crippen LogP contribution < -0.4 is 0 Å². The number of aliphatic hydroxyl groups is 1. The first-order valence-electron chi connectivity index (χ1n) is 10.6. The molecule has 2 atom stereocenters. The van der Waals surface area contributed by atoms with Gasteiger partial charge >= 0.3 is 0 Å². The molecule has 0 heterocycles. The molecule has 154 valence electrons. The second-order valence-corrected chi connectivity index (χ2v) is 8.05. The van der Waals surface area contributed by atoms with Gasteiger partial charge in [0.2, 0.25) is 0 Å². The molecule has 2 aromatic rings. The van der Waals surface area contributed by atoms with Crippen molar-refractivity contribution in [1.82, 2.24) is 0 Å². The first-order valence-corrected chi connectivity index (χ1v) is 11.0. The fraction of sp³-hybridized carbons (Fsp3) is 0.520. The van der Waals surface area contributed by atoms with Gasteiger partial charge in [0.25, 0.3) is 0 Å². The van der Waals surface area contributed by atoms with Crippen LogP contribution in [0.5, 0.6) is 0 Å². The zero-order valence-electron chi connectivity index (χ0n) is 17.6. The summed E-state index contributed by atoms with van der Waals surface area (Å²) in [6.45, 7) is 5.13. The van der Waals surface area contributed by atoms with Gasteiger partial charge in [-0.15, -0.1) is 0 Å². The molecule has 0 aliphatic carbocycles. The normalized spacial score (nSPS) is 14.6. The Kier molecular flexibility index (Phi) is 9.50. The fourth-order valence-electron chi connectivity index (χ4n) is 4.21. The SMILES string of the molecule is CCCC[C@H](CC)[C@@](O)(CCCCOC)c1ccccc1-c1ccccc1Cl. The van der Waals surface area contributed by atoms with Crippen molar-refractivity contribution in [2.45, 2.75) is 64.4 Å². The van der Waals surface area contributed by atoms with Gasteiger partial charge in [-0.05, 0) is 48.8 Å². The van der Waals surface area contributed by atoms with E-state index in [1.807, 2.05) is 36.4 Å². The van der Waals surface area contributed by atoms with E-state index in [0.29, 0.717) is 0 Å². The lowest BCUT2D eigenvalue weighted by Gasteiger charge is -2.38. The molecule has 0 spiro atoms. The zero-order valence-corrected chi connectivity index (χ0v) is 18.3. The fourth-order valence-corrected chi connectivity index (χ4v) is 4.44. The lowest BCUT2D eigenvalue weighted by atomic mass is 9.72. The molecule has 28 heavy (non-hydrogen) atoms. The average Bonchev–Trinajstić information content (AvgIpc) is 2.72. The summed E-state index contributed by atoms with van der Waals surface area (Å²) in [6, 6.07) is 16.1. The molecule has 0 saturated heterocycles. The van der Waals surface area contributed by atoms with E-state index in [-0.39, 0.29) is 5.92 Å². The molecule has 0 radical (unpaired) electrons. The van der Waals surface area contributed by atoms with Crippen molar-refractivity contribution in [2.24, 2.45) is 5.92 Å². The predicted molar refractivity (Wildman–Crippen MR) is 120 cm³/mol. The molecule has 0 aromatic heterocycles. The Morgan fingerprint density at radius 2 is 1.64 bits per heavy atom. The van der Waals surface area contributed by atoms with E-state index in [9.17, 15) is 5.11 Å². The number of rotatable bonds is 12. The van der Waals surface area contributed by atoms with Crippen LogP contribution in [0.4, 0.5) is 0 Å². The summed E-state index contributed by atoms with van der Waals surface area (Å²) < 4.78 is 5.22. The lowest BCUT2D eigenvalue weighted by molar-refractivity contribution is -0.0403. The van der Waals surface area contributed by atoms with Crippen LogP contribution in [0.3, 0.4) is 0 Å². The number of methoxy groups -OCH3 is 1. The summed E-state index contributed by atoms with van der Waals surface area (Å²) in [5, 5.41) is 12.8. The Morgan fingerprint density at radius 1 is 0.964 bits per heavy atom. The van der Waals surface area contributed by atoms with E-state index in [0.717, 1.165) is 73.3 Å². The van der Waals surface area contributed by atoms with Crippen LogP contribution in [0.15, 0.2) is 48.5 Å². The topological polar surface area (TPSA) is 29.5 Å². The molecule has 0 aliphatic rings. The Bertz CT molecular complexity index is 715. The highest BCUT2D eigenvalue weighted by molar-refractivity contribution is 6.33. The van der Waals surface area contributed by atoms with Gasteiger partial charge in [0, 0.05) is 24.3 Å². The number of unbranched alkanes of at least 4 members (excludes halogenated alkanes) is 2. The summed E-state index contributed by atoms with van der Waals surface area (Å²) in [4.78, 5) is 0. The molecule has 3 heteroatoms. The Labute approximate surface area is 175 Å². The third-order valence-corrected chi connectivity index (χ3v) is 6.12. The number of hydrogen-bond acceptors (Lipinski definition) is 2. The van der Waals surface area contributed by atoms with Crippen LogP contribution in [-0.4, -0.2) is 18.8 Å². The maximum atomic E-state index is 12.1. The summed E-state index contributed by atoms with van der Waals surface area (Å²) in [5.41, 5.74) is 2.16. The van der Waals surface area contributed by atoms with Crippen LogP contribution in [0.1, 0.15) is 64.4 Å². The quantitative estimate of drug-likeness (QED) is 0.379. The van der Waals surface area contributed by atoms with Gasteiger partial charge in [-0.1, -0.05) is 87.2 Å². The standard InChI is InChI=1S/C25H35ClO2/c1-4-6-13-20(5-2)25(27,18-11-12-19-28-3)23-16-9-7-14-21(23)22-15-8-10-17-24(22)26/h7-10,14-17,20,27H,4-6,11-13,18-19H2,1-3H3/t20-,25-/m0/s1. The second kappa shape index (κ2) is 11.6. The van der Waals surface area contributed by atoms with Gasteiger partial charge < -0.3 is 9.84 Å². The lowest BCUT2D eigenvalue weighted by Crippen LogP contribution is -2.36. The van der Waals surface area contributed by atoms with Gasteiger partial charge in [0.05, 0.1) is 5.60 Å². The van der Waals surface area contributed by atoms with Crippen LogP contribution in [-0.2, 0) is 10.3 Å². The van der Waals surface area contributed by atoms with Crippen molar-refractivity contribution < 1.29 is 9.84 Å². The molecule has 0 fully saturated rings. The molecule has 0 saturated carbocycles. The van der Waals surface area contributed by atoms with Gasteiger partial charge in [0.1, 0.15) is 0 Å². The van der Waals surface area contributed by atoms with Crippen LogP contribution in [0.25, 0.3) is 11.1 Å². The maximum absolute atomic E-state index is 12.1. The predicted octanol–water partition coefficient (Wildman–Crippen LogP) is 7.23. The largest absolute Gasteiger partial charge is 0.385 e. The monoisotopic (exact) mass is 402 g/mol. The summed E-state index contributed by atoms with van der Waals surface area (Å²) >= 11 is 6.53. The Hall–Kier alpha value is -1.35. The van der Waals surface area contributed by atoms with Crippen LogP contribution in [0.2, 0.25) is 5.02 Å². The first-order chi connectivity index (χ1) is 13.6. The van der Waals surface area contributed by atoms with Crippen molar-refractivity contribution in [1.29, 1.82) is 0 Å². The summed E-state index contributed by atoms with van der Waals surface area (Å²) in [6.07, 6.45) is 6.89. The highest BCUT2D eigenvalue weighted by Gasteiger charge is 2.38. The molecule has 0 aliphatic heterocycles. The minimum atomic E-state index is -0.868. The molecule has 0 unspecified atom stereocenters. The number of hydrogen-bond donors (Lipinski definition) is 1. The molecule has 2 nitrogen and oxygen atoms in total. The first kappa shape index (κ1) is 22.9. The molecule has 2 rings (SSSR count). The van der Waals surface area contributed by atoms with Crippen molar-refractivity contribution in [3.05, 3.63) is 59.1 Å². The minimum Gasteiger partial charge on any atom is -0.385 e. The van der Waals surface area contributed by atoms with Crippen LogP contribution >= 0.6 is 11.6 Å². The smallest absolute Gasteiger partial charge is 0.0930 e. The third-order valence-electron chi connectivity index (χ3n) is 5.79. The highest BCUT2D eigenvalue weighted by atomic mass is 35.5. The van der Waals surface area contributed by atoms with Crippen LogP contribution in [0, 0.1) is 5.92 Å². The number of benzene rings is 2. The minimum absolute atomic E-state index is 0.221. The Balaban J connectivity index is 2.49. The van der Waals surface area contributed by atoms with Crippen molar-refractivity contribution in [2.75, 3.05) is 13.7 Å². The molecule has 0 bridgehead atoms. The summed E-state index contributed by atoms with van der Waals surface area (Å²) in [7, 11) is 1.73. The molecule has 2 aromatic carbocycles. The zero-order chi connectivity index (χ0) is 20.4. The van der Waals surface area contributed by atoms with Gasteiger partial charge in [-0.2, -0.15) is 0 Å². The van der Waals surface area contributed by atoms with Crippen molar-refractivity contribution in [3.8, 4) is 11.1 Å². The van der Waals surface area contributed by atoms with E-state index in [2.05, 4.69) is 26.0 Å². The molecular formula is C25H35ClO2. The van der Waals surface area contributed by atoms with Gasteiger partial charge in [0.15, 0.2) is 0 Å². The van der Waals surface area contributed by atoms with E-state index in [4.69, 9.17) is 16.3 Å².